The molecule has 1 amide bonds. The van der Waals surface area contributed by atoms with Crippen LogP contribution in [0, 0.1) is 0 Å². The molecule has 1 aromatic carbocycles. The first-order valence-electron chi connectivity index (χ1n) is 5.14. The Morgan fingerprint density at radius 1 is 1.53 bits per heavy atom. The predicted molar refractivity (Wildman–Crippen MR) is 71.8 cm³/mol. The summed E-state index contributed by atoms with van der Waals surface area (Å²) in [5.41, 5.74) is 0.842. The minimum absolute atomic E-state index is 0.0673. The fourth-order valence-corrected chi connectivity index (χ4v) is 2.53. The molecular formula is C11H12ClN3OS. The number of nitrogens with zero attached hydrogens (tertiary/aromatic N) is 1. The third-order valence-corrected chi connectivity index (χ3v) is 3.53. The van der Waals surface area contributed by atoms with Gasteiger partial charge in [0.05, 0.1) is 10.2 Å². The summed E-state index contributed by atoms with van der Waals surface area (Å²) in [7, 11) is 1.61. The van der Waals surface area contributed by atoms with Crippen molar-refractivity contribution in [3.63, 3.8) is 0 Å². The topological polar surface area (TPSA) is 54.0 Å². The van der Waals surface area contributed by atoms with E-state index in [1.807, 2.05) is 18.2 Å². The minimum atomic E-state index is -0.309. The highest BCUT2D eigenvalue weighted by Gasteiger charge is 2.12. The third-order valence-electron chi connectivity index (χ3n) is 2.33. The van der Waals surface area contributed by atoms with Crippen LogP contribution in [0.15, 0.2) is 18.2 Å². The Labute approximate surface area is 108 Å². The van der Waals surface area contributed by atoms with E-state index in [4.69, 9.17) is 11.6 Å². The Balaban J connectivity index is 2.22. The fourth-order valence-electron chi connectivity index (χ4n) is 1.43. The van der Waals surface area contributed by atoms with Crippen LogP contribution >= 0.6 is 22.9 Å². The van der Waals surface area contributed by atoms with Crippen LogP contribution in [-0.2, 0) is 4.79 Å². The van der Waals surface area contributed by atoms with E-state index in [1.54, 1.807) is 14.0 Å². The van der Waals surface area contributed by atoms with E-state index in [2.05, 4.69) is 15.6 Å². The van der Waals surface area contributed by atoms with Gasteiger partial charge in [-0.05, 0) is 25.1 Å². The van der Waals surface area contributed by atoms with Crippen LogP contribution < -0.4 is 10.6 Å². The standard InChI is InChI=1S/C11H12ClN3OS/c1-6(10(16)13-2)14-11-15-8-5-7(12)3-4-9(8)17-11/h3-6H,1-2H3,(H,13,16)(H,14,15). The zero-order valence-electron chi connectivity index (χ0n) is 9.45. The van der Waals surface area contributed by atoms with Crippen LogP contribution in [-0.4, -0.2) is 24.0 Å². The van der Waals surface area contributed by atoms with Crippen molar-refractivity contribution in [3.05, 3.63) is 23.2 Å². The highest BCUT2D eigenvalue weighted by molar-refractivity contribution is 7.22. The van der Waals surface area contributed by atoms with E-state index in [0.29, 0.717) is 5.02 Å². The molecule has 90 valence electrons. The maximum Gasteiger partial charge on any atom is 0.242 e. The largest absolute Gasteiger partial charge is 0.357 e. The molecule has 1 unspecified atom stereocenters. The maximum absolute atomic E-state index is 11.4. The van der Waals surface area contributed by atoms with E-state index in [9.17, 15) is 4.79 Å². The second-order valence-electron chi connectivity index (χ2n) is 3.61. The first-order valence-corrected chi connectivity index (χ1v) is 6.34. The first-order chi connectivity index (χ1) is 8.10. The van der Waals surface area contributed by atoms with Gasteiger partial charge >= 0.3 is 0 Å². The number of fused-ring (bicyclic) bond motifs is 1. The molecule has 4 nitrogen and oxygen atoms in total. The minimum Gasteiger partial charge on any atom is -0.357 e. The number of carbonyl (C=O) groups excluding carboxylic acids is 1. The molecule has 6 heteroatoms. The molecule has 0 fully saturated rings. The number of anilines is 1. The van der Waals surface area contributed by atoms with Crippen molar-refractivity contribution in [2.75, 3.05) is 12.4 Å². The normalized spacial score (nSPS) is 12.4. The van der Waals surface area contributed by atoms with Gasteiger partial charge in [-0.15, -0.1) is 0 Å². The molecule has 2 N–H and O–H groups in total. The molecule has 1 aromatic heterocycles. The number of halogens is 1. The number of carbonyl (C=O) groups is 1. The van der Waals surface area contributed by atoms with Gasteiger partial charge in [0.25, 0.3) is 0 Å². The first kappa shape index (κ1) is 12.1. The van der Waals surface area contributed by atoms with Gasteiger partial charge in [0.2, 0.25) is 5.91 Å². The molecule has 0 aliphatic heterocycles. The summed E-state index contributed by atoms with van der Waals surface area (Å²) in [4.78, 5) is 15.7. The Morgan fingerprint density at radius 3 is 3.00 bits per heavy atom. The van der Waals surface area contributed by atoms with E-state index in [-0.39, 0.29) is 11.9 Å². The smallest absolute Gasteiger partial charge is 0.242 e. The van der Waals surface area contributed by atoms with Crippen LogP contribution in [0.4, 0.5) is 5.13 Å². The Hall–Kier alpha value is -1.33. The summed E-state index contributed by atoms with van der Waals surface area (Å²) in [5, 5.41) is 7.02. The average Bonchev–Trinajstić information content (AvgIpc) is 2.69. The lowest BCUT2D eigenvalue weighted by molar-refractivity contribution is -0.121. The highest BCUT2D eigenvalue weighted by atomic mass is 35.5. The fraction of sp³-hybridized carbons (Fsp3) is 0.273. The van der Waals surface area contributed by atoms with E-state index < -0.39 is 0 Å². The van der Waals surface area contributed by atoms with Gasteiger partial charge in [-0.25, -0.2) is 4.98 Å². The summed E-state index contributed by atoms with van der Waals surface area (Å²) >= 11 is 7.39. The zero-order valence-corrected chi connectivity index (χ0v) is 11.0. The van der Waals surface area contributed by atoms with Gasteiger partial charge in [0.1, 0.15) is 6.04 Å². The van der Waals surface area contributed by atoms with Crippen LogP contribution in [0.25, 0.3) is 10.2 Å². The van der Waals surface area contributed by atoms with E-state index in [0.717, 1.165) is 15.3 Å². The highest BCUT2D eigenvalue weighted by Crippen LogP contribution is 2.28. The van der Waals surface area contributed by atoms with Gasteiger partial charge in [-0.2, -0.15) is 0 Å². The number of nitrogens with one attached hydrogen (secondary N) is 2. The van der Waals surface area contributed by atoms with Gasteiger partial charge in [0, 0.05) is 12.1 Å². The average molecular weight is 270 g/mol. The number of likely N-dealkylation sites (N-methyl/N-ethyl adjacent to an activating group) is 1. The molecule has 2 rings (SSSR count). The van der Waals surface area contributed by atoms with Gasteiger partial charge < -0.3 is 10.6 Å². The van der Waals surface area contributed by atoms with Crippen LogP contribution in [0.2, 0.25) is 5.02 Å². The SMILES string of the molecule is CNC(=O)C(C)Nc1nc2cc(Cl)ccc2s1. The molecule has 0 saturated carbocycles. The molecule has 0 aliphatic rings. The summed E-state index contributed by atoms with van der Waals surface area (Å²) < 4.78 is 1.04. The molecule has 0 bridgehead atoms. The maximum atomic E-state index is 11.4. The number of amides is 1. The van der Waals surface area contributed by atoms with Gasteiger partial charge in [-0.1, -0.05) is 22.9 Å². The molecular weight excluding hydrogens is 258 g/mol. The summed E-state index contributed by atoms with van der Waals surface area (Å²) in [6.07, 6.45) is 0. The summed E-state index contributed by atoms with van der Waals surface area (Å²) in [6, 6.07) is 5.25. The van der Waals surface area contributed by atoms with Crippen LogP contribution in [0.1, 0.15) is 6.92 Å². The Bertz CT molecular complexity index is 555. The van der Waals surface area contributed by atoms with E-state index >= 15 is 0 Å². The molecule has 17 heavy (non-hydrogen) atoms. The second-order valence-corrected chi connectivity index (χ2v) is 5.08. The number of benzene rings is 1. The Morgan fingerprint density at radius 2 is 2.29 bits per heavy atom. The van der Waals surface area contributed by atoms with Crippen molar-refractivity contribution in [1.82, 2.24) is 10.3 Å². The van der Waals surface area contributed by atoms with Crippen molar-refractivity contribution >= 4 is 44.2 Å². The van der Waals surface area contributed by atoms with E-state index in [1.165, 1.54) is 11.3 Å². The lowest BCUT2D eigenvalue weighted by Gasteiger charge is -2.10. The zero-order chi connectivity index (χ0) is 12.4. The number of hydrogen-bond acceptors (Lipinski definition) is 4. The quantitative estimate of drug-likeness (QED) is 0.900. The molecule has 2 aromatic rings. The van der Waals surface area contributed by atoms with Crippen molar-refractivity contribution in [2.45, 2.75) is 13.0 Å². The molecule has 1 heterocycles. The van der Waals surface area contributed by atoms with Crippen molar-refractivity contribution in [2.24, 2.45) is 0 Å². The number of rotatable bonds is 3. The molecule has 1 atom stereocenters. The molecule has 0 aliphatic carbocycles. The number of hydrogen-bond donors (Lipinski definition) is 2. The van der Waals surface area contributed by atoms with Crippen molar-refractivity contribution in [3.8, 4) is 0 Å². The lowest BCUT2D eigenvalue weighted by atomic mass is 10.3. The van der Waals surface area contributed by atoms with Crippen molar-refractivity contribution < 1.29 is 4.79 Å². The predicted octanol–water partition coefficient (Wildman–Crippen LogP) is 2.50. The second kappa shape index (κ2) is 4.89. The molecule has 0 saturated heterocycles. The van der Waals surface area contributed by atoms with Crippen LogP contribution in [0.3, 0.4) is 0 Å². The van der Waals surface area contributed by atoms with Crippen LogP contribution in [0.5, 0.6) is 0 Å². The molecule has 0 radical (unpaired) electrons. The van der Waals surface area contributed by atoms with Crippen molar-refractivity contribution in [1.29, 1.82) is 0 Å². The monoisotopic (exact) mass is 269 g/mol. The lowest BCUT2D eigenvalue weighted by Crippen LogP contribution is -2.35. The number of aromatic nitrogens is 1. The summed E-state index contributed by atoms with van der Waals surface area (Å²) in [6.45, 7) is 1.79. The Kier molecular flexibility index (Phi) is 3.49. The van der Waals surface area contributed by atoms with Gasteiger partial charge in [-0.3, -0.25) is 4.79 Å². The summed E-state index contributed by atoms with van der Waals surface area (Å²) in [5.74, 6) is -0.0673. The number of thiazole rings is 1. The van der Waals surface area contributed by atoms with Gasteiger partial charge in [0.15, 0.2) is 5.13 Å². The molecule has 0 spiro atoms. The third kappa shape index (κ3) is 2.68.